The lowest BCUT2D eigenvalue weighted by molar-refractivity contribution is -0.134. The van der Waals surface area contributed by atoms with E-state index in [0.29, 0.717) is 37.2 Å². The van der Waals surface area contributed by atoms with E-state index in [4.69, 9.17) is 10.5 Å². The number of likely N-dealkylation sites (tertiary alicyclic amines) is 1. The van der Waals surface area contributed by atoms with E-state index < -0.39 is 5.91 Å². The number of primary amides is 1. The van der Waals surface area contributed by atoms with Crippen LogP contribution in [0.1, 0.15) is 29.2 Å². The summed E-state index contributed by atoms with van der Waals surface area (Å²) < 4.78 is 7.32. The second-order valence-corrected chi connectivity index (χ2v) is 7.11. The van der Waals surface area contributed by atoms with Gasteiger partial charge >= 0.3 is 5.69 Å². The smallest absolute Gasteiger partial charge is 0.326 e. The second kappa shape index (κ2) is 7.83. The topological polar surface area (TPSA) is 110 Å². The van der Waals surface area contributed by atoms with Gasteiger partial charge in [0, 0.05) is 24.7 Å². The average Bonchev–Trinajstić information content (AvgIpc) is 3.08. The molecule has 2 aromatic carbocycles. The summed E-state index contributed by atoms with van der Waals surface area (Å²) in [6.45, 7) is 1.00. The summed E-state index contributed by atoms with van der Waals surface area (Å²) in [4.78, 5) is 40.7. The van der Waals surface area contributed by atoms with E-state index in [9.17, 15) is 14.4 Å². The number of hydrogen-bond donors (Lipinski definition) is 2. The first-order chi connectivity index (χ1) is 14.0. The molecule has 1 fully saturated rings. The van der Waals surface area contributed by atoms with Gasteiger partial charge in [0.15, 0.2) is 6.61 Å². The molecule has 1 aliphatic rings. The summed E-state index contributed by atoms with van der Waals surface area (Å²) in [6, 6.07) is 14.1. The Morgan fingerprint density at radius 3 is 2.62 bits per heavy atom. The van der Waals surface area contributed by atoms with Crippen LogP contribution < -0.4 is 16.2 Å². The number of carbonyl (C=O) groups is 2. The van der Waals surface area contributed by atoms with Crippen LogP contribution in [0, 0.1) is 0 Å². The number of imidazole rings is 1. The quantitative estimate of drug-likeness (QED) is 0.686. The Hall–Kier alpha value is -3.55. The maximum absolute atomic E-state index is 12.5. The Labute approximate surface area is 166 Å². The molecule has 3 N–H and O–H groups in total. The number of piperidine rings is 1. The molecule has 1 aliphatic heterocycles. The lowest BCUT2D eigenvalue weighted by Crippen LogP contribution is -2.42. The van der Waals surface area contributed by atoms with Crippen LogP contribution in [0.5, 0.6) is 5.75 Å². The van der Waals surface area contributed by atoms with Crippen LogP contribution in [0.15, 0.2) is 53.3 Å². The van der Waals surface area contributed by atoms with Crippen LogP contribution in [-0.2, 0) is 4.79 Å². The fourth-order valence-electron chi connectivity index (χ4n) is 3.79. The summed E-state index contributed by atoms with van der Waals surface area (Å²) in [7, 11) is 0. The summed E-state index contributed by atoms with van der Waals surface area (Å²) in [5.74, 6) is -0.245. The molecule has 0 bridgehead atoms. The van der Waals surface area contributed by atoms with Crippen molar-refractivity contribution >= 4 is 22.8 Å². The third-order valence-electron chi connectivity index (χ3n) is 5.29. The molecular formula is C21H22N4O4. The van der Waals surface area contributed by atoms with Crippen molar-refractivity contribution in [3.8, 4) is 5.75 Å². The fourth-order valence-corrected chi connectivity index (χ4v) is 3.79. The average molecular weight is 394 g/mol. The minimum Gasteiger partial charge on any atom is -0.484 e. The summed E-state index contributed by atoms with van der Waals surface area (Å²) in [5, 5.41) is 0. The molecule has 150 valence electrons. The van der Waals surface area contributed by atoms with Gasteiger partial charge in [-0.15, -0.1) is 0 Å². The van der Waals surface area contributed by atoms with Crippen LogP contribution >= 0.6 is 0 Å². The molecule has 2 amide bonds. The third-order valence-corrected chi connectivity index (χ3v) is 5.29. The molecule has 8 heteroatoms. The minimum absolute atomic E-state index is 0.0517. The largest absolute Gasteiger partial charge is 0.484 e. The Balaban J connectivity index is 1.36. The SMILES string of the molecule is NC(=O)c1cccc(OCC(=O)N2CCC(n3c(=O)[nH]c4ccccc43)CC2)c1. The first-order valence-electron chi connectivity index (χ1n) is 9.52. The van der Waals surface area contributed by atoms with Crippen molar-refractivity contribution in [3.05, 3.63) is 64.6 Å². The predicted molar refractivity (Wildman–Crippen MR) is 108 cm³/mol. The Kier molecular flexibility index (Phi) is 5.07. The van der Waals surface area contributed by atoms with Gasteiger partial charge in [0.05, 0.1) is 11.0 Å². The van der Waals surface area contributed by atoms with Gasteiger partial charge in [-0.3, -0.25) is 14.2 Å². The van der Waals surface area contributed by atoms with Gasteiger partial charge in [0.2, 0.25) is 5.91 Å². The number of nitrogens with two attached hydrogens (primary N) is 1. The lowest BCUT2D eigenvalue weighted by Gasteiger charge is -2.32. The third kappa shape index (κ3) is 3.87. The summed E-state index contributed by atoms with van der Waals surface area (Å²) in [6.07, 6.45) is 1.40. The maximum atomic E-state index is 12.5. The molecule has 1 aromatic heterocycles. The van der Waals surface area contributed by atoms with Gasteiger partial charge in [-0.05, 0) is 43.2 Å². The van der Waals surface area contributed by atoms with Crippen LogP contribution in [0.2, 0.25) is 0 Å². The van der Waals surface area contributed by atoms with Crippen molar-refractivity contribution in [3.63, 3.8) is 0 Å². The first kappa shape index (κ1) is 18.8. The lowest BCUT2D eigenvalue weighted by atomic mass is 10.0. The first-order valence-corrected chi connectivity index (χ1v) is 9.52. The highest BCUT2D eigenvalue weighted by Gasteiger charge is 2.26. The number of rotatable bonds is 5. The van der Waals surface area contributed by atoms with E-state index in [1.165, 1.54) is 6.07 Å². The Bertz CT molecular complexity index is 1110. The molecule has 8 nitrogen and oxygen atoms in total. The van der Waals surface area contributed by atoms with Crippen molar-refractivity contribution in [2.75, 3.05) is 19.7 Å². The second-order valence-electron chi connectivity index (χ2n) is 7.11. The number of benzene rings is 2. The number of amides is 2. The minimum atomic E-state index is -0.545. The van der Waals surface area contributed by atoms with Crippen molar-refractivity contribution in [1.82, 2.24) is 14.5 Å². The van der Waals surface area contributed by atoms with Crippen LogP contribution in [0.3, 0.4) is 0 Å². The number of carbonyl (C=O) groups excluding carboxylic acids is 2. The Morgan fingerprint density at radius 1 is 1.10 bits per heavy atom. The van der Waals surface area contributed by atoms with E-state index in [2.05, 4.69) is 4.98 Å². The number of fused-ring (bicyclic) bond motifs is 1. The number of nitrogens with zero attached hydrogens (tertiary/aromatic N) is 2. The zero-order valence-electron chi connectivity index (χ0n) is 15.8. The molecule has 0 radical (unpaired) electrons. The molecule has 2 heterocycles. The maximum Gasteiger partial charge on any atom is 0.326 e. The summed E-state index contributed by atoms with van der Waals surface area (Å²) in [5.41, 5.74) is 7.18. The van der Waals surface area contributed by atoms with Gasteiger partial charge in [-0.2, -0.15) is 0 Å². The number of aromatic nitrogens is 2. The predicted octanol–water partition coefficient (Wildman–Crippen LogP) is 1.67. The fraction of sp³-hybridized carbons (Fsp3) is 0.286. The van der Waals surface area contributed by atoms with Gasteiger partial charge in [0.25, 0.3) is 5.91 Å². The highest BCUT2D eigenvalue weighted by Crippen LogP contribution is 2.25. The Morgan fingerprint density at radius 2 is 1.86 bits per heavy atom. The number of hydrogen-bond acceptors (Lipinski definition) is 4. The van der Waals surface area contributed by atoms with Crippen molar-refractivity contribution in [2.24, 2.45) is 5.73 Å². The molecule has 0 atom stereocenters. The molecule has 3 aromatic rings. The molecule has 1 saturated heterocycles. The van der Waals surface area contributed by atoms with Gasteiger partial charge in [-0.1, -0.05) is 18.2 Å². The number of H-pyrrole nitrogens is 1. The van der Waals surface area contributed by atoms with Gasteiger partial charge in [-0.25, -0.2) is 4.79 Å². The van der Waals surface area contributed by atoms with E-state index in [0.717, 1.165) is 11.0 Å². The molecule has 29 heavy (non-hydrogen) atoms. The highest BCUT2D eigenvalue weighted by atomic mass is 16.5. The van der Waals surface area contributed by atoms with Gasteiger partial charge < -0.3 is 20.4 Å². The number of ether oxygens (including phenoxy) is 1. The molecular weight excluding hydrogens is 372 g/mol. The van der Waals surface area contributed by atoms with E-state index in [1.807, 2.05) is 24.3 Å². The van der Waals surface area contributed by atoms with Crippen molar-refractivity contribution in [1.29, 1.82) is 0 Å². The van der Waals surface area contributed by atoms with E-state index >= 15 is 0 Å². The zero-order chi connectivity index (χ0) is 20.4. The number of aromatic amines is 1. The monoisotopic (exact) mass is 394 g/mol. The number of nitrogens with one attached hydrogen (secondary N) is 1. The van der Waals surface area contributed by atoms with Crippen LogP contribution in [0.25, 0.3) is 11.0 Å². The van der Waals surface area contributed by atoms with E-state index in [1.54, 1.807) is 27.7 Å². The molecule has 0 spiro atoms. The van der Waals surface area contributed by atoms with Crippen molar-refractivity contribution < 1.29 is 14.3 Å². The molecule has 0 saturated carbocycles. The standard InChI is InChI=1S/C21H22N4O4/c22-20(27)14-4-3-5-16(12-14)29-13-19(26)24-10-8-15(9-11-24)25-18-7-2-1-6-17(18)23-21(25)28/h1-7,12,15H,8-11,13H2,(H2,22,27)(H,23,28). The normalized spacial score (nSPS) is 14.8. The zero-order valence-corrected chi connectivity index (χ0v) is 15.8. The molecule has 0 unspecified atom stereocenters. The summed E-state index contributed by atoms with van der Waals surface area (Å²) >= 11 is 0. The molecule has 4 rings (SSSR count). The van der Waals surface area contributed by atoms with Crippen LogP contribution in [-0.4, -0.2) is 46.0 Å². The van der Waals surface area contributed by atoms with Crippen molar-refractivity contribution in [2.45, 2.75) is 18.9 Å². The highest BCUT2D eigenvalue weighted by molar-refractivity contribution is 5.93. The number of para-hydroxylation sites is 2. The van der Waals surface area contributed by atoms with Crippen LogP contribution in [0.4, 0.5) is 0 Å². The molecule has 0 aliphatic carbocycles. The van der Waals surface area contributed by atoms with Gasteiger partial charge in [0.1, 0.15) is 5.75 Å². The van der Waals surface area contributed by atoms with E-state index in [-0.39, 0.29) is 24.2 Å².